The second-order valence-corrected chi connectivity index (χ2v) is 9.17. The van der Waals surface area contributed by atoms with E-state index >= 15 is 4.39 Å². The van der Waals surface area contributed by atoms with Crippen LogP contribution in [0.25, 0.3) is 27.5 Å². The molecule has 2 amide bonds. The Kier molecular flexibility index (Phi) is 5.45. The van der Waals surface area contributed by atoms with Crippen molar-refractivity contribution in [1.29, 1.82) is 0 Å². The van der Waals surface area contributed by atoms with Crippen molar-refractivity contribution < 1.29 is 14.0 Å². The van der Waals surface area contributed by atoms with Crippen LogP contribution in [0.2, 0.25) is 0 Å². The molecule has 0 saturated heterocycles. The molecule has 10 heteroatoms. The fourth-order valence-electron chi connectivity index (χ4n) is 4.05. The second kappa shape index (κ2) is 8.45. The van der Waals surface area contributed by atoms with Crippen LogP contribution in [0.1, 0.15) is 28.5 Å². The van der Waals surface area contributed by atoms with Gasteiger partial charge in [0.2, 0.25) is 5.91 Å². The summed E-state index contributed by atoms with van der Waals surface area (Å²) >= 11 is 1.34. The Morgan fingerprint density at radius 3 is 2.71 bits per heavy atom. The van der Waals surface area contributed by atoms with Crippen molar-refractivity contribution in [3.63, 3.8) is 0 Å². The Hall–Kier alpha value is -3.92. The zero-order chi connectivity index (χ0) is 24.0. The van der Waals surface area contributed by atoms with Gasteiger partial charge in [-0.25, -0.2) is 14.1 Å². The number of carbonyl (C=O) groups excluding carboxylic acids is 2. The fraction of sp³-hybridized carbons (Fsp3) is 0.208. The third kappa shape index (κ3) is 3.75. The van der Waals surface area contributed by atoms with Crippen molar-refractivity contribution in [2.45, 2.75) is 19.8 Å². The number of nitrogens with one attached hydrogen (secondary N) is 1. The van der Waals surface area contributed by atoms with Gasteiger partial charge < -0.3 is 10.2 Å². The van der Waals surface area contributed by atoms with Gasteiger partial charge in [0.25, 0.3) is 5.91 Å². The number of thiazole rings is 1. The molecule has 0 aliphatic heterocycles. The van der Waals surface area contributed by atoms with Crippen LogP contribution < -0.4 is 5.32 Å². The monoisotopic (exact) mass is 476 g/mol. The van der Waals surface area contributed by atoms with Crippen LogP contribution in [0.3, 0.4) is 0 Å². The summed E-state index contributed by atoms with van der Waals surface area (Å²) in [5.41, 5.74) is 4.56. The van der Waals surface area contributed by atoms with Crippen molar-refractivity contribution in [1.82, 2.24) is 24.6 Å². The first-order valence-electron chi connectivity index (χ1n) is 10.6. The molecular weight excluding hydrogens is 455 g/mol. The molecule has 3 heterocycles. The number of carbonyl (C=O) groups is 2. The van der Waals surface area contributed by atoms with E-state index in [0.29, 0.717) is 18.0 Å². The lowest BCUT2D eigenvalue weighted by Crippen LogP contribution is -2.22. The molecule has 4 aromatic rings. The highest BCUT2D eigenvalue weighted by molar-refractivity contribution is 7.19. The van der Waals surface area contributed by atoms with Gasteiger partial charge in [0.15, 0.2) is 5.13 Å². The van der Waals surface area contributed by atoms with Gasteiger partial charge >= 0.3 is 0 Å². The van der Waals surface area contributed by atoms with Gasteiger partial charge in [-0.1, -0.05) is 11.3 Å². The number of nitrogens with zero attached hydrogens (tertiary/aromatic N) is 5. The quantitative estimate of drug-likeness (QED) is 0.481. The zero-order valence-electron chi connectivity index (χ0n) is 18.8. The van der Waals surface area contributed by atoms with Crippen molar-refractivity contribution >= 4 is 28.3 Å². The topological polar surface area (TPSA) is 93.0 Å². The average Bonchev–Trinajstić information content (AvgIpc) is 3.39. The number of hydrogen-bond acceptors (Lipinski definition) is 6. The maximum absolute atomic E-state index is 15.4. The molecule has 0 saturated carbocycles. The minimum atomic E-state index is -0.561. The number of pyridine rings is 1. The molecule has 1 N–H and O–H groups in total. The Bertz CT molecular complexity index is 1430. The second-order valence-electron chi connectivity index (χ2n) is 8.17. The first-order valence-corrected chi connectivity index (χ1v) is 11.5. The van der Waals surface area contributed by atoms with E-state index in [1.807, 2.05) is 12.1 Å². The van der Waals surface area contributed by atoms with E-state index in [9.17, 15) is 9.59 Å². The van der Waals surface area contributed by atoms with E-state index in [0.717, 1.165) is 33.1 Å². The van der Waals surface area contributed by atoms with Crippen molar-refractivity contribution in [3.8, 4) is 27.5 Å². The molecule has 5 rings (SSSR count). The molecule has 0 radical (unpaired) electrons. The van der Waals surface area contributed by atoms with Gasteiger partial charge in [-0.3, -0.25) is 14.6 Å². The third-order valence-corrected chi connectivity index (χ3v) is 6.57. The molecule has 1 aromatic carbocycles. The van der Waals surface area contributed by atoms with Gasteiger partial charge in [-0.2, -0.15) is 5.10 Å². The number of aryl methyl sites for hydroxylation is 1. The summed E-state index contributed by atoms with van der Waals surface area (Å²) in [4.78, 5) is 34.9. The molecule has 3 aromatic heterocycles. The number of halogens is 1. The summed E-state index contributed by atoms with van der Waals surface area (Å²) in [6, 6.07) is 8.14. The molecule has 1 aliphatic rings. The van der Waals surface area contributed by atoms with Gasteiger partial charge in [0, 0.05) is 50.1 Å². The fourth-order valence-corrected chi connectivity index (χ4v) is 5.17. The van der Waals surface area contributed by atoms with E-state index < -0.39 is 5.82 Å². The predicted molar refractivity (Wildman–Crippen MR) is 128 cm³/mol. The summed E-state index contributed by atoms with van der Waals surface area (Å²) < 4.78 is 17.0. The predicted octanol–water partition coefficient (Wildman–Crippen LogP) is 3.96. The molecule has 0 atom stereocenters. The molecule has 34 heavy (non-hydrogen) atoms. The summed E-state index contributed by atoms with van der Waals surface area (Å²) in [6.45, 7) is 1.43. The third-order valence-electron chi connectivity index (χ3n) is 5.55. The number of amides is 2. The minimum Gasteiger partial charge on any atom is -0.345 e. The van der Waals surface area contributed by atoms with E-state index in [1.54, 1.807) is 43.3 Å². The summed E-state index contributed by atoms with van der Waals surface area (Å²) in [7, 11) is 3.24. The molecule has 0 bridgehead atoms. The molecule has 8 nitrogen and oxygen atoms in total. The largest absolute Gasteiger partial charge is 0.345 e. The number of aromatic nitrogens is 4. The minimum absolute atomic E-state index is 0.205. The van der Waals surface area contributed by atoms with Crippen LogP contribution in [0.15, 0.2) is 42.7 Å². The average molecular weight is 477 g/mol. The number of fused-ring (bicyclic) bond motifs is 3. The standard InChI is InChI=1S/C24H21FN6O2S/c1-13(32)27-24-28-18-8-7-16-20(15-5-4-10-26-12-15)29-31(21(16)22(18)34-24)19-9-6-14(11-17(19)25)23(33)30(2)3/h4-6,9-12H,7-8H2,1-3H3,(H,27,28,32). The Morgan fingerprint density at radius 1 is 1.21 bits per heavy atom. The number of rotatable bonds is 4. The van der Waals surface area contributed by atoms with E-state index in [4.69, 9.17) is 5.10 Å². The molecule has 172 valence electrons. The van der Waals surface area contributed by atoms with Gasteiger partial charge in [0.05, 0.1) is 22.0 Å². The highest BCUT2D eigenvalue weighted by Gasteiger charge is 2.30. The van der Waals surface area contributed by atoms with Crippen LogP contribution in [0, 0.1) is 5.82 Å². The maximum atomic E-state index is 15.4. The Balaban J connectivity index is 1.71. The molecule has 1 aliphatic carbocycles. The zero-order valence-corrected chi connectivity index (χ0v) is 19.6. The maximum Gasteiger partial charge on any atom is 0.253 e. The number of hydrogen-bond donors (Lipinski definition) is 1. The number of benzene rings is 1. The van der Waals surface area contributed by atoms with Crippen molar-refractivity contribution in [3.05, 3.63) is 65.4 Å². The summed E-state index contributed by atoms with van der Waals surface area (Å²) in [6.07, 6.45) is 4.76. The van der Waals surface area contributed by atoms with Crippen molar-refractivity contribution in [2.75, 3.05) is 19.4 Å². The van der Waals surface area contributed by atoms with E-state index in [2.05, 4.69) is 15.3 Å². The first-order chi connectivity index (χ1) is 16.3. The van der Waals surface area contributed by atoms with Crippen LogP contribution in [0.4, 0.5) is 9.52 Å². The summed E-state index contributed by atoms with van der Waals surface area (Å²) in [5, 5.41) is 8.04. The molecule has 0 spiro atoms. The molecule has 0 fully saturated rings. The van der Waals surface area contributed by atoms with Crippen LogP contribution in [0.5, 0.6) is 0 Å². The Morgan fingerprint density at radius 2 is 2.03 bits per heavy atom. The van der Waals surface area contributed by atoms with Gasteiger partial charge in [0.1, 0.15) is 11.5 Å². The highest BCUT2D eigenvalue weighted by Crippen LogP contribution is 2.44. The lowest BCUT2D eigenvalue weighted by atomic mass is 9.95. The van der Waals surface area contributed by atoms with E-state index in [1.165, 1.54) is 29.2 Å². The van der Waals surface area contributed by atoms with Crippen LogP contribution in [-0.4, -0.2) is 50.6 Å². The SMILES string of the molecule is CC(=O)Nc1nc2c(s1)-c1c(c(-c3cccnc3)nn1-c1ccc(C(=O)N(C)C)cc1F)CC2. The normalized spacial score (nSPS) is 12.1. The van der Waals surface area contributed by atoms with Crippen LogP contribution in [-0.2, 0) is 17.6 Å². The van der Waals surface area contributed by atoms with Gasteiger partial charge in [-0.15, -0.1) is 0 Å². The van der Waals surface area contributed by atoms with E-state index in [-0.39, 0.29) is 23.1 Å². The summed E-state index contributed by atoms with van der Waals surface area (Å²) in [5.74, 6) is -1.05. The van der Waals surface area contributed by atoms with Crippen molar-refractivity contribution in [2.24, 2.45) is 0 Å². The lowest BCUT2D eigenvalue weighted by molar-refractivity contribution is -0.114. The lowest BCUT2D eigenvalue weighted by Gasteiger charge is -2.15. The van der Waals surface area contributed by atoms with Crippen LogP contribution >= 0.6 is 11.3 Å². The number of anilines is 1. The van der Waals surface area contributed by atoms with Gasteiger partial charge in [-0.05, 0) is 43.2 Å². The first kappa shape index (κ1) is 21.9. The Labute approximate surface area is 199 Å². The smallest absolute Gasteiger partial charge is 0.253 e. The molecular formula is C24H21FN6O2S. The highest BCUT2D eigenvalue weighted by atomic mass is 32.1. The molecule has 0 unspecified atom stereocenters.